The van der Waals surface area contributed by atoms with Gasteiger partial charge in [-0.05, 0) is 29.3 Å². The molecule has 6 nitrogen and oxygen atoms in total. The molecule has 124 valence electrons. The van der Waals surface area contributed by atoms with Crippen LogP contribution in [0.25, 0.3) is 0 Å². The summed E-state index contributed by atoms with van der Waals surface area (Å²) in [5.74, 6) is -1.05. The standard InChI is InChI=1S/C17H16N2O4S/c1-23-11-15-4-2-3-5-16(15)17(20)19-24(21,22)12-14-8-6-13(10-18)7-9-14/h2-9H,11-12H2,1H3,(H,19,20). The molecule has 0 spiro atoms. The fourth-order valence-corrected chi connectivity index (χ4v) is 3.25. The Labute approximate surface area is 140 Å². The summed E-state index contributed by atoms with van der Waals surface area (Å²) >= 11 is 0. The van der Waals surface area contributed by atoms with Gasteiger partial charge in [-0.1, -0.05) is 30.3 Å². The zero-order chi connectivity index (χ0) is 17.6. The summed E-state index contributed by atoms with van der Waals surface area (Å²) in [7, 11) is -2.36. The van der Waals surface area contributed by atoms with Gasteiger partial charge < -0.3 is 4.74 Å². The zero-order valence-electron chi connectivity index (χ0n) is 13.0. The summed E-state index contributed by atoms with van der Waals surface area (Å²) in [5, 5.41) is 8.74. The van der Waals surface area contributed by atoms with Crippen LogP contribution >= 0.6 is 0 Å². The number of ether oxygens (including phenoxy) is 1. The summed E-state index contributed by atoms with van der Waals surface area (Å²) in [5.41, 5.74) is 1.78. The molecule has 24 heavy (non-hydrogen) atoms. The first-order chi connectivity index (χ1) is 11.4. The quantitative estimate of drug-likeness (QED) is 0.864. The number of carbonyl (C=O) groups excluding carboxylic acids is 1. The van der Waals surface area contributed by atoms with Crippen LogP contribution in [-0.2, 0) is 27.1 Å². The van der Waals surface area contributed by atoms with Gasteiger partial charge in [0, 0.05) is 12.7 Å². The van der Waals surface area contributed by atoms with Crippen molar-refractivity contribution in [2.75, 3.05) is 7.11 Å². The molecule has 0 heterocycles. The topological polar surface area (TPSA) is 96.3 Å². The second-order valence-corrected chi connectivity index (χ2v) is 6.81. The molecule has 0 atom stereocenters. The number of hydrogen-bond donors (Lipinski definition) is 1. The van der Waals surface area contributed by atoms with Crippen molar-refractivity contribution in [3.63, 3.8) is 0 Å². The van der Waals surface area contributed by atoms with Gasteiger partial charge in [-0.15, -0.1) is 0 Å². The minimum Gasteiger partial charge on any atom is -0.380 e. The third kappa shape index (κ3) is 4.65. The molecule has 2 aromatic rings. The first-order valence-corrected chi connectivity index (χ1v) is 8.71. The van der Waals surface area contributed by atoms with Gasteiger partial charge >= 0.3 is 0 Å². The van der Waals surface area contributed by atoms with E-state index in [1.54, 1.807) is 36.4 Å². The number of rotatable bonds is 6. The molecule has 1 amide bonds. The molecule has 1 N–H and O–H groups in total. The lowest BCUT2D eigenvalue weighted by molar-refractivity contribution is 0.0976. The first kappa shape index (κ1) is 17.7. The lowest BCUT2D eigenvalue weighted by atomic mass is 10.1. The van der Waals surface area contributed by atoms with E-state index in [2.05, 4.69) is 4.72 Å². The smallest absolute Gasteiger partial charge is 0.265 e. The van der Waals surface area contributed by atoms with Crippen LogP contribution in [0.3, 0.4) is 0 Å². The Balaban J connectivity index is 2.13. The summed E-state index contributed by atoms with van der Waals surface area (Å²) in [6.07, 6.45) is 0. The molecule has 0 fully saturated rings. The average Bonchev–Trinajstić information content (AvgIpc) is 2.55. The Morgan fingerprint density at radius 3 is 2.46 bits per heavy atom. The molecule has 0 aliphatic heterocycles. The molecule has 2 rings (SSSR count). The minimum absolute atomic E-state index is 0.208. The van der Waals surface area contributed by atoms with Crippen LogP contribution in [0.15, 0.2) is 48.5 Å². The summed E-state index contributed by atoms with van der Waals surface area (Å²) < 4.78 is 31.4. The second kappa shape index (κ2) is 7.73. The van der Waals surface area contributed by atoms with E-state index < -0.39 is 15.9 Å². The fourth-order valence-electron chi connectivity index (χ4n) is 2.15. The summed E-state index contributed by atoms with van der Waals surface area (Å²) in [6.45, 7) is 0.208. The lowest BCUT2D eigenvalue weighted by Gasteiger charge is -2.10. The number of benzene rings is 2. The number of methoxy groups -OCH3 is 1. The number of carbonyl (C=O) groups is 1. The number of hydrogen-bond acceptors (Lipinski definition) is 5. The molecule has 0 aliphatic carbocycles. The highest BCUT2D eigenvalue weighted by Gasteiger charge is 2.19. The van der Waals surface area contributed by atoms with Gasteiger partial charge in [0.15, 0.2) is 0 Å². The van der Waals surface area contributed by atoms with E-state index in [1.165, 1.54) is 19.2 Å². The van der Waals surface area contributed by atoms with Crippen LogP contribution in [-0.4, -0.2) is 21.4 Å². The largest absolute Gasteiger partial charge is 0.380 e. The summed E-state index contributed by atoms with van der Waals surface area (Å²) in [4.78, 5) is 12.3. The Hall–Kier alpha value is -2.69. The first-order valence-electron chi connectivity index (χ1n) is 7.06. The van der Waals surface area contributed by atoms with Gasteiger partial charge in [0.25, 0.3) is 5.91 Å². The SMILES string of the molecule is COCc1ccccc1C(=O)NS(=O)(=O)Cc1ccc(C#N)cc1. The van der Waals surface area contributed by atoms with Crippen molar-refractivity contribution < 1.29 is 17.9 Å². The van der Waals surface area contributed by atoms with E-state index in [-0.39, 0.29) is 17.9 Å². The van der Waals surface area contributed by atoms with Crippen LogP contribution < -0.4 is 4.72 Å². The molecule has 0 aliphatic rings. The lowest BCUT2D eigenvalue weighted by Crippen LogP contribution is -2.32. The van der Waals surface area contributed by atoms with Crippen molar-refractivity contribution in [3.05, 3.63) is 70.8 Å². The van der Waals surface area contributed by atoms with E-state index in [4.69, 9.17) is 10.00 Å². The van der Waals surface area contributed by atoms with E-state index in [9.17, 15) is 13.2 Å². The van der Waals surface area contributed by atoms with Gasteiger partial charge in [0.2, 0.25) is 10.0 Å². The molecular weight excluding hydrogens is 328 g/mol. The predicted octanol–water partition coefficient (Wildman–Crippen LogP) is 1.96. The molecule has 0 saturated carbocycles. The van der Waals surface area contributed by atoms with Crippen LogP contribution in [0.1, 0.15) is 27.0 Å². The molecule has 0 bridgehead atoms. The fraction of sp³-hybridized carbons (Fsp3) is 0.176. The summed E-state index contributed by atoms with van der Waals surface area (Å²) in [6, 6.07) is 14.7. The van der Waals surface area contributed by atoms with Crippen molar-refractivity contribution in [3.8, 4) is 6.07 Å². The highest BCUT2D eigenvalue weighted by molar-refractivity contribution is 7.89. The minimum atomic E-state index is -3.86. The van der Waals surface area contributed by atoms with Crippen LogP contribution in [0.2, 0.25) is 0 Å². The molecule has 7 heteroatoms. The number of nitrogens with one attached hydrogen (secondary N) is 1. The van der Waals surface area contributed by atoms with Gasteiger partial charge in [-0.25, -0.2) is 13.1 Å². The van der Waals surface area contributed by atoms with Crippen LogP contribution in [0.4, 0.5) is 0 Å². The number of amides is 1. The van der Waals surface area contributed by atoms with Crippen molar-refractivity contribution in [1.82, 2.24) is 4.72 Å². The number of sulfonamides is 1. The number of nitriles is 1. The predicted molar refractivity (Wildman–Crippen MR) is 88.4 cm³/mol. The molecule has 0 radical (unpaired) electrons. The average molecular weight is 344 g/mol. The second-order valence-electron chi connectivity index (χ2n) is 5.09. The molecule has 0 aromatic heterocycles. The number of nitrogens with zero attached hydrogens (tertiary/aromatic N) is 1. The maximum absolute atomic E-state index is 12.3. The third-order valence-corrected chi connectivity index (χ3v) is 4.46. The molecular formula is C17H16N2O4S. The van der Waals surface area contributed by atoms with E-state index in [0.717, 1.165) is 0 Å². The molecule has 0 saturated heterocycles. The van der Waals surface area contributed by atoms with Crippen molar-refractivity contribution in [2.45, 2.75) is 12.4 Å². The van der Waals surface area contributed by atoms with Gasteiger partial charge in [-0.2, -0.15) is 5.26 Å². The Kier molecular flexibility index (Phi) is 5.68. The van der Waals surface area contributed by atoms with Crippen LogP contribution in [0.5, 0.6) is 0 Å². The maximum atomic E-state index is 12.3. The normalized spacial score (nSPS) is 10.8. The van der Waals surface area contributed by atoms with Crippen molar-refractivity contribution in [2.24, 2.45) is 0 Å². The van der Waals surface area contributed by atoms with E-state index >= 15 is 0 Å². The Morgan fingerprint density at radius 1 is 1.17 bits per heavy atom. The maximum Gasteiger partial charge on any atom is 0.265 e. The third-order valence-electron chi connectivity index (χ3n) is 3.25. The van der Waals surface area contributed by atoms with Crippen molar-refractivity contribution >= 4 is 15.9 Å². The van der Waals surface area contributed by atoms with Gasteiger partial charge in [-0.3, -0.25) is 4.79 Å². The zero-order valence-corrected chi connectivity index (χ0v) is 13.8. The van der Waals surface area contributed by atoms with E-state index in [1.807, 2.05) is 6.07 Å². The van der Waals surface area contributed by atoms with Gasteiger partial charge in [0.05, 0.1) is 24.0 Å². The highest BCUT2D eigenvalue weighted by Crippen LogP contribution is 2.12. The monoisotopic (exact) mass is 344 g/mol. The Bertz CT molecular complexity index is 868. The van der Waals surface area contributed by atoms with Gasteiger partial charge in [0.1, 0.15) is 0 Å². The molecule has 0 unspecified atom stereocenters. The Morgan fingerprint density at radius 2 is 1.83 bits per heavy atom. The van der Waals surface area contributed by atoms with Crippen LogP contribution in [0, 0.1) is 11.3 Å². The highest BCUT2D eigenvalue weighted by atomic mass is 32.2. The van der Waals surface area contributed by atoms with E-state index in [0.29, 0.717) is 16.7 Å². The molecule has 2 aromatic carbocycles. The van der Waals surface area contributed by atoms with Crippen molar-refractivity contribution in [1.29, 1.82) is 5.26 Å².